The lowest BCUT2D eigenvalue weighted by atomic mass is 10.2. The summed E-state index contributed by atoms with van der Waals surface area (Å²) in [5, 5.41) is 8.28. The Hall–Kier alpha value is -2.07. The highest BCUT2D eigenvalue weighted by molar-refractivity contribution is 6.30. The van der Waals surface area contributed by atoms with Crippen molar-refractivity contribution in [3.8, 4) is 0 Å². The van der Waals surface area contributed by atoms with Crippen LogP contribution in [0.4, 0.5) is 5.95 Å². The summed E-state index contributed by atoms with van der Waals surface area (Å²) in [6.07, 6.45) is 1.90. The highest BCUT2D eigenvalue weighted by atomic mass is 35.5. The first-order valence-corrected chi connectivity index (χ1v) is 6.40. The third-order valence-corrected chi connectivity index (χ3v) is 3.07. The lowest BCUT2D eigenvalue weighted by molar-refractivity contribution is 0.947. The number of fused-ring (bicyclic) bond motifs is 1. The molecule has 0 saturated heterocycles. The first-order valence-electron chi connectivity index (χ1n) is 6.02. The molecule has 0 spiro atoms. The van der Waals surface area contributed by atoms with E-state index in [1.807, 2.05) is 49.5 Å². The van der Waals surface area contributed by atoms with Gasteiger partial charge in [0.2, 0.25) is 5.95 Å². The van der Waals surface area contributed by atoms with Gasteiger partial charge in [-0.05, 0) is 42.3 Å². The highest BCUT2D eigenvalue weighted by Gasteiger charge is 2.03. The van der Waals surface area contributed by atoms with Gasteiger partial charge in [-0.3, -0.25) is 0 Å². The van der Waals surface area contributed by atoms with Crippen LogP contribution in [0.2, 0.25) is 5.02 Å². The molecule has 3 aromatic rings. The van der Waals surface area contributed by atoms with E-state index in [2.05, 4.69) is 15.4 Å². The molecule has 2 heterocycles. The minimum Gasteiger partial charge on any atom is -0.349 e. The first kappa shape index (κ1) is 12.0. The molecule has 0 unspecified atom stereocenters. The second-order valence-corrected chi connectivity index (χ2v) is 4.86. The fourth-order valence-corrected chi connectivity index (χ4v) is 2.10. The molecule has 3 rings (SSSR count). The fraction of sp³-hybridized carbons (Fsp3) is 0.143. The van der Waals surface area contributed by atoms with E-state index >= 15 is 0 Å². The maximum absolute atomic E-state index is 5.95. The normalized spacial score (nSPS) is 10.8. The SMILES string of the molecule is Cc1ccn2nc(NCc3cccc(Cl)c3)nc2c1. The predicted molar refractivity (Wildman–Crippen MR) is 76.5 cm³/mol. The van der Waals surface area contributed by atoms with Gasteiger partial charge in [-0.1, -0.05) is 23.7 Å². The fourth-order valence-electron chi connectivity index (χ4n) is 1.89. The summed E-state index contributed by atoms with van der Waals surface area (Å²) in [6.45, 7) is 2.68. The molecular formula is C14H13ClN4. The van der Waals surface area contributed by atoms with Crippen LogP contribution in [0.3, 0.4) is 0 Å². The van der Waals surface area contributed by atoms with Gasteiger partial charge in [0, 0.05) is 17.8 Å². The van der Waals surface area contributed by atoms with Crippen molar-refractivity contribution in [3.05, 3.63) is 58.7 Å². The molecule has 0 aliphatic carbocycles. The van der Waals surface area contributed by atoms with Crippen LogP contribution >= 0.6 is 11.6 Å². The van der Waals surface area contributed by atoms with E-state index in [1.54, 1.807) is 4.52 Å². The second kappa shape index (κ2) is 4.90. The van der Waals surface area contributed by atoms with Crippen molar-refractivity contribution >= 4 is 23.2 Å². The first-order chi connectivity index (χ1) is 9.20. The van der Waals surface area contributed by atoms with Crippen molar-refractivity contribution in [3.63, 3.8) is 0 Å². The molecule has 0 aliphatic rings. The lowest BCUT2D eigenvalue weighted by Crippen LogP contribution is -2.01. The number of nitrogens with zero attached hydrogens (tertiary/aromatic N) is 3. The van der Waals surface area contributed by atoms with Crippen LogP contribution in [-0.2, 0) is 6.54 Å². The summed E-state index contributed by atoms with van der Waals surface area (Å²) < 4.78 is 1.76. The molecule has 0 saturated carbocycles. The van der Waals surface area contributed by atoms with Crippen LogP contribution in [0.5, 0.6) is 0 Å². The third kappa shape index (κ3) is 2.69. The number of rotatable bonds is 3. The summed E-state index contributed by atoms with van der Waals surface area (Å²) >= 11 is 5.95. The number of hydrogen-bond donors (Lipinski definition) is 1. The van der Waals surface area contributed by atoms with Crippen molar-refractivity contribution in [1.29, 1.82) is 0 Å². The molecule has 1 aromatic carbocycles. The lowest BCUT2D eigenvalue weighted by Gasteiger charge is -2.01. The van der Waals surface area contributed by atoms with Crippen LogP contribution in [0, 0.1) is 6.92 Å². The van der Waals surface area contributed by atoms with E-state index in [1.165, 1.54) is 5.56 Å². The van der Waals surface area contributed by atoms with E-state index in [-0.39, 0.29) is 0 Å². The largest absolute Gasteiger partial charge is 0.349 e. The molecule has 0 atom stereocenters. The van der Waals surface area contributed by atoms with Crippen molar-refractivity contribution in [2.45, 2.75) is 13.5 Å². The standard InChI is InChI=1S/C14H13ClN4/c1-10-5-6-19-13(7-10)17-14(18-19)16-9-11-3-2-4-12(15)8-11/h2-8H,9H2,1H3,(H,16,18). The van der Waals surface area contributed by atoms with Gasteiger partial charge >= 0.3 is 0 Å². The number of hydrogen-bond acceptors (Lipinski definition) is 3. The number of anilines is 1. The van der Waals surface area contributed by atoms with E-state index < -0.39 is 0 Å². The van der Waals surface area contributed by atoms with Crippen LogP contribution in [0.15, 0.2) is 42.6 Å². The molecule has 0 amide bonds. The van der Waals surface area contributed by atoms with E-state index in [9.17, 15) is 0 Å². The number of benzene rings is 1. The summed E-state index contributed by atoms with van der Waals surface area (Å²) in [5.74, 6) is 0.616. The highest BCUT2D eigenvalue weighted by Crippen LogP contribution is 2.12. The van der Waals surface area contributed by atoms with Crippen LogP contribution < -0.4 is 5.32 Å². The van der Waals surface area contributed by atoms with Crippen LogP contribution in [0.1, 0.15) is 11.1 Å². The van der Waals surface area contributed by atoms with Gasteiger partial charge in [-0.2, -0.15) is 4.98 Å². The molecule has 0 radical (unpaired) electrons. The van der Waals surface area contributed by atoms with Gasteiger partial charge in [-0.15, -0.1) is 5.10 Å². The molecule has 4 nitrogen and oxygen atoms in total. The molecule has 0 fully saturated rings. The summed E-state index contributed by atoms with van der Waals surface area (Å²) in [6, 6.07) is 11.7. The van der Waals surface area contributed by atoms with E-state index in [0.717, 1.165) is 16.2 Å². The predicted octanol–water partition coefficient (Wildman–Crippen LogP) is 3.30. The van der Waals surface area contributed by atoms with E-state index in [0.29, 0.717) is 12.5 Å². The average Bonchev–Trinajstić information content (AvgIpc) is 2.78. The number of aromatic nitrogens is 3. The Morgan fingerprint density at radius 1 is 1.26 bits per heavy atom. The van der Waals surface area contributed by atoms with Gasteiger partial charge in [-0.25, -0.2) is 4.52 Å². The molecule has 1 N–H and O–H groups in total. The number of halogens is 1. The molecule has 19 heavy (non-hydrogen) atoms. The topological polar surface area (TPSA) is 42.2 Å². The van der Waals surface area contributed by atoms with Crippen molar-refractivity contribution in [2.24, 2.45) is 0 Å². The Bertz CT molecular complexity index is 720. The van der Waals surface area contributed by atoms with Gasteiger partial charge in [0.1, 0.15) is 0 Å². The molecule has 0 bridgehead atoms. The minimum atomic E-state index is 0.616. The van der Waals surface area contributed by atoms with Gasteiger partial charge in [0.25, 0.3) is 0 Å². The summed E-state index contributed by atoms with van der Waals surface area (Å²) in [4.78, 5) is 4.42. The second-order valence-electron chi connectivity index (χ2n) is 4.43. The maximum Gasteiger partial charge on any atom is 0.243 e. The Balaban J connectivity index is 1.78. The monoisotopic (exact) mass is 272 g/mol. The molecule has 96 valence electrons. The smallest absolute Gasteiger partial charge is 0.243 e. The number of aryl methyl sites for hydroxylation is 1. The molecular weight excluding hydrogens is 260 g/mol. The van der Waals surface area contributed by atoms with Gasteiger partial charge in [0.05, 0.1) is 0 Å². The minimum absolute atomic E-state index is 0.616. The van der Waals surface area contributed by atoms with Crippen LogP contribution in [-0.4, -0.2) is 14.6 Å². The quantitative estimate of drug-likeness (QED) is 0.795. The molecule has 5 heteroatoms. The van der Waals surface area contributed by atoms with Crippen molar-refractivity contribution in [1.82, 2.24) is 14.6 Å². The Kier molecular flexibility index (Phi) is 3.09. The summed E-state index contributed by atoms with van der Waals surface area (Å²) in [5.41, 5.74) is 3.11. The van der Waals surface area contributed by atoms with Gasteiger partial charge < -0.3 is 5.32 Å². The zero-order chi connectivity index (χ0) is 13.2. The average molecular weight is 273 g/mol. The van der Waals surface area contributed by atoms with E-state index in [4.69, 9.17) is 11.6 Å². The van der Waals surface area contributed by atoms with Gasteiger partial charge in [0.15, 0.2) is 5.65 Å². The van der Waals surface area contributed by atoms with Crippen molar-refractivity contribution in [2.75, 3.05) is 5.32 Å². The van der Waals surface area contributed by atoms with Crippen molar-refractivity contribution < 1.29 is 0 Å². The van der Waals surface area contributed by atoms with Crippen LogP contribution in [0.25, 0.3) is 5.65 Å². The Labute approximate surface area is 116 Å². The number of nitrogens with one attached hydrogen (secondary N) is 1. The maximum atomic E-state index is 5.95. The molecule has 2 aromatic heterocycles. The zero-order valence-corrected chi connectivity index (χ0v) is 11.2. The Morgan fingerprint density at radius 2 is 2.16 bits per heavy atom. The number of pyridine rings is 1. The zero-order valence-electron chi connectivity index (χ0n) is 10.5. The summed E-state index contributed by atoms with van der Waals surface area (Å²) in [7, 11) is 0. The molecule has 0 aliphatic heterocycles. The third-order valence-electron chi connectivity index (χ3n) is 2.83. The Morgan fingerprint density at radius 3 is 3.00 bits per heavy atom.